The minimum Gasteiger partial charge on any atom is -0.285 e. The number of carbonyl (C=O) groups excluding carboxylic acids is 1. The second-order valence-corrected chi connectivity index (χ2v) is 3.62. The zero-order chi connectivity index (χ0) is 12.4. The molecule has 0 aliphatic heterocycles. The van der Waals surface area contributed by atoms with Crippen molar-refractivity contribution in [1.29, 1.82) is 0 Å². The zero-order valence-corrected chi connectivity index (χ0v) is 9.13. The summed E-state index contributed by atoms with van der Waals surface area (Å²) in [5.74, 6) is -1.95. The Kier molecular flexibility index (Phi) is 3.15. The number of rotatable bonds is 2. The van der Waals surface area contributed by atoms with Crippen LogP contribution in [0.1, 0.15) is 5.56 Å². The molecule has 1 radical (unpaired) electrons. The van der Waals surface area contributed by atoms with E-state index in [1.807, 2.05) is 0 Å². The molecule has 2 aromatic rings. The Bertz CT molecular complexity index is 587. The van der Waals surface area contributed by atoms with E-state index in [2.05, 4.69) is 4.98 Å². The van der Waals surface area contributed by atoms with Gasteiger partial charge in [0, 0.05) is 5.56 Å². The molecule has 0 bridgehead atoms. The number of aromatic nitrogens is 1. The monoisotopic (exact) mass is 252 g/mol. The number of pyridine rings is 1. The summed E-state index contributed by atoms with van der Waals surface area (Å²) in [6.07, 6.45) is 1.23. The normalized spacial score (nSPS) is 10.3. The van der Waals surface area contributed by atoms with Crippen molar-refractivity contribution in [3.63, 3.8) is 0 Å². The van der Waals surface area contributed by atoms with E-state index in [0.29, 0.717) is 0 Å². The Morgan fingerprint density at radius 1 is 1.18 bits per heavy atom. The van der Waals surface area contributed by atoms with Gasteiger partial charge in [-0.25, -0.2) is 13.8 Å². The lowest BCUT2D eigenvalue weighted by atomic mass is 10.1. The summed E-state index contributed by atoms with van der Waals surface area (Å²) in [6, 6.07) is 6.80. The van der Waals surface area contributed by atoms with Gasteiger partial charge >= 0.3 is 0 Å². The molecular weight excluding hydrogens is 248 g/mol. The molecule has 2 rings (SSSR count). The summed E-state index contributed by atoms with van der Waals surface area (Å²) in [5.41, 5.74) is -0.497. The Labute approximate surface area is 101 Å². The first-order valence-corrected chi connectivity index (χ1v) is 5.00. The van der Waals surface area contributed by atoms with Crippen LogP contribution in [0.15, 0.2) is 30.3 Å². The third kappa shape index (κ3) is 2.17. The van der Waals surface area contributed by atoms with Crippen LogP contribution in [0.5, 0.6) is 0 Å². The minimum atomic E-state index is -0.991. The van der Waals surface area contributed by atoms with Crippen molar-refractivity contribution >= 4 is 17.9 Å². The van der Waals surface area contributed by atoms with Gasteiger partial charge in [-0.2, -0.15) is 0 Å². The number of hydrogen-bond acceptors (Lipinski definition) is 2. The summed E-state index contributed by atoms with van der Waals surface area (Å²) in [5, 5.41) is 0.183. The predicted octanol–water partition coefficient (Wildman–Crippen LogP) is 3.14. The van der Waals surface area contributed by atoms with E-state index in [1.165, 1.54) is 24.5 Å². The quantitative estimate of drug-likeness (QED) is 0.769. The maximum absolute atomic E-state index is 13.8. The van der Waals surface area contributed by atoms with Gasteiger partial charge < -0.3 is 0 Å². The number of halogens is 3. The van der Waals surface area contributed by atoms with Crippen molar-refractivity contribution in [3.8, 4) is 11.3 Å². The van der Waals surface area contributed by atoms with Crippen LogP contribution in [0.3, 0.4) is 0 Å². The molecule has 0 amide bonds. The van der Waals surface area contributed by atoms with E-state index in [9.17, 15) is 13.6 Å². The van der Waals surface area contributed by atoms with Crippen LogP contribution in [0.25, 0.3) is 11.3 Å². The van der Waals surface area contributed by atoms with E-state index in [4.69, 9.17) is 11.6 Å². The van der Waals surface area contributed by atoms with E-state index >= 15 is 0 Å². The van der Waals surface area contributed by atoms with Crippen LogP contribution in [0, 0.1) is 11.6 Å². The summed E-state index contributed by atoms with van der Waals surface area (Å²) >= 11 is 5.67. The molecule has 0 aliphatic rings. The number of benzene rings is 1. The van der Waals surface area contributed by atoms with Gasteiger partial charge in [0.25, 0.3) is 0 Å². The lowest BCUT2D eigenvalue weighted by Crippen LogP contribution is -1.97. The van der Waals surface area contributed by atoms with Crippen molar-refractivity contribution in [1.82, 2.24) is 4.98 Å². The molecule has 0 unspecified atom stereocenters. The Balaban J connectivity index is 2.64. The highest BCUT2D eigenvalue weighted by Crippen LogP contribution is 2.25. The maximum Gasteiger partial charge on any atom is 0.239 e. The van der Waals surface area contributed by atoms with Gasteiger partial charge in [-0.3, -0.25) is 4.79 Å². The Hall–Kier alpha value is -1.81. The summed E-state index contributed by atoms with van der Waals surface area (Å²) in [4.78, 5) is 14.3. The fraction of sp³-hybridized carbons (Fsp3) is 0. The second-order valence-electron chi connectivity index (χ2n) is 3.23. The Morgan fingerprint density at radius 2 is 1.94 bits per heavy atom. The van der Waals surface area contributed by atoms with Gasteiger partial charge in [0.2, 0.25) is 6.29 Å². The van der Waals surface area contributed by atoms with E-state index < -0.39 is 17.2 Å². The van der Waals surface area contributed by atoms with Gasteiger partial charge in [-0.05, 0) is 24.3 Å². The van der Waals surface area contributed by atoms with Crippen molar-refractivity contribution in [2.24, 2.45) is 0 Å². The van der Waals surface area contributed by atoms with Gasteiger partial charge in [0.1, 0.15) is 16.8 Å². The molecule has 85 valence electrons. The van der Waals surface area contributed by atoms with E-state index in [1.54, 1.807) is 6.07 Å². The van der Waals surface area contributed by atoms with E-state index in [0.717, 1.165) is 6.07 Å². The van der Waals surface area contributed by atoms with Crippen LogP contribution in [-0.4, -0.2) is 11.3 Å². The van der Waals surface area contributed by atoms with Gasteiger partial charge in [0.15, 0.2) is 0 Å². The third-order valence-corrected chi connectivity index (χ3v) is 2.39. The summed E-state index contributed by atoms with van der Waals surface area (Å²) < 4.78 is 26.8. The lowest BCUT2D eigenvalue weighted by Gasteiger charge is -2.05. The van der Waals surface area contributed by atoms with Gasteiger partial charge in [-0.15, -0.1) is 0 Å². The lowest BCUT2D eigenvalue weighted by molar-refractivity contribution is 0.543. The average Bonchev–Trinajstić information content (AvgIpc) is 2.29. The van der Waals surface area contributed by atoms with Crippen LogP contribution in [-0.2, 0) is 4.79 Å². The van der Waals surface area contributed by atoms with Gasteiger partial charge in [-0.1, -0.05) is 17.7 Å². The van der Waals surface area contributed by atoms with Crippen molar-refractivity contribution in [3.05, 3.63) is 52.7 Å². The zero-order valence-electron chi connectivity index (χ0n) is 8.38. The fourth-order valence-corrected chi connectivity index (χ4v) is 1.57. The molecule has 0 aliphatic carbocycles. The molecule has 0 saturated heterocycles. The third-order valence-electron chi connectivity index (χ3n) is 2.18. The highest BCUT2D eigenvalue weighted by atomic mass is 35.5. The second kappa shape index (κ2) is 4.59. The number of hydrogen-bond donors (Lipinski definition) is 0. The predicted molar refractivity (Wildman–Crippen MR) is 59.4 cm³/mol. The molecule has 0 saturated carbocycles. The molecule has 17 heavy (non-hydrogen) atoms. The molecule has 0 N–H and O–H groups in total. The van der Waals surface area contributed by atoms with Gasteiger partial charge in [0.05, 0.1) is 11.3 Å². The molecule has 2 nitrogen and oxygen atoms in total. The molecule has 1 aromatic carbocycles. The van der Waals surface area contributed by atoms with Crippen LogP contribution in [0.2, 0.25) is 5.15 Å². The highest BCUT2D eigenvalue weighted by Gasteiger charge is 2.15. The van der Waals surface area contributed by atoms with Crippen LogP contribution < -0.4 is 0 Å². The molecule has 1 heterocycles. The average molecular weight is 253 g/mol. The largest absolute Gasteiger partial charge is 0.285 e. The number of nitrogens with zero attached hydrogens (tertiary/aromatic N) is 1. The minimum absolute atomic E-state index is 0.00671. The van der Waals surface area contributed by atoms with Crippen LogP contribution in [0.4, 0.5) is 8.78 Å². The summed E-state index contributed by atoms with van der Waals surface area (Å²) in [7, 11) is 0. The molecule has 0 spiro atoms. The maximum atomic E-state index is 13.8. The molecule has 0 atom stereocenters. The topological polar surface area (TPSA) is 30.0 Å². The molecular formula is C12H5ClF2NO. The van der Waals surface area contributed by atoms with Crippen LogP contribution >= 0.6 is 11.6 Å². The fourth-order valence-electron chi connectivity index (χ4n) is 1.40. The first kappa shape index (κ1) is 11.7. The highest BCUT2D eigenvalue weighted by molar-refractivity contribution is 6.29. The molecule has 1 aromatic heterocycles. The molecule has 5 heteroatoms. The summed E-state index contributed by atoms with van der Waals surface area (Å²) in [6.45, 7) is 0. The molecule has 0 fully saturated rings. The first-order chi connectivity index (χ1) is 8.13. The standard InChI is InChI=1S/C12H5ClF2NO/c13-11-3-1-2-10(16-11)7-4-5-9(14)8(6-17)12(7)15/h1-5H. The van der Waals surface area contributed by atoms with E-state index in [-0.39, 0.29) is 16.4 Å². The van der Waals surface area contributed by atoms with Crippen molar-refractivity contribution in [2.75, 3.05) is 0 Å². The SMILES string of the molecule is O=[C]c1c(F)ccc(-c2cccc(Cl)n2)c1F. The smallest absolute Gasteiger partial charge is 0.239 e. The van der Waals surface area contributed by atoms with Crippen molar-refractivity contribution < 1.29 is 13.6 Å². The Morgan fingerprint density at radius 3 is 2.59 bits per heavy atom. The first-order valence-electron chi connectivity index (χ1n) is 4.62. The van der Waals surface area contributed by atoms with Crippen molar-refractivity contribution in [2.45, 2.75) is 0 Å².